The Hall–Kier alpha value is -2.97. The minimum Gasteiger partial charge on any atom is -0.361 e. The van der Waals surface area contributed by atoms with Crippen molar-refractivity contribution in [2.24, 2.45) is 0 Å². The summed E-state index contributed by atoms with van der Waals surface area (Å²) >= 11 is 0. The molecule has 0 aliphatic carbocycles. The van der Waals surface area contributed by atoms with E-state index in [1.54, 1.807) is 4.90 Å². The maximum Gasteiger partial charge on any atom is 0.321 e. The molecule has 0 spiro atoms. The molecule has 1 aromatic carbocycles. The summed E-state index contributed by atoms with van der Waals surface area (Å²) in [4.78, 5) is 17.8. The molecule has 1 aromatic heterocycles. The number of urea groups is 1. The van der Waals surface area contributed by atoms with Gasteiger partial charge in [-0.1, -0.05) is 0 Å². The highest BCUT2D eigenvalue weighted by atomic mass is 19.1. The molecule has 0 saturated carbocycles. The van der Waals surface area contributed by atoms with Crippen LogP contribution in [0.4, 0.5) is 30.9 Å². The molecule has 9 heteroatoms. The third kappa shape index (κ3) is 4.16. The summed E-state index contributed by atoms with van der Waals surface area (Å²) in [6.45, 7) is 2.14. The predicted octanol–water partition coefficient (Wildman–Crippen LogP) is 2.17. The number of nitrogens with one attached hydrogen (secondary N) is 1. The Morgan fingerprint density at radius 3 is 2.23 bits per heavy atom. The van der Waals surface area contributed by atoms with Gasteiger partial charge in [0, 0.05) is 52.0 Å². The molecular weight excluding hydrogens is 342 g/mol. The third-order valence-electron chi connectivity index (χ3n) is 4.10. The van der Waals surface area contributed by atoms with E-state index < -0.39 is 11.6 Å². The van der Waals surface area contributed by atoms with Crippen LogP contribution in [0.15, 0.2) is 30.3 Å². The highest BCUT2D eigenvalue weighted by molar-refractivity contribution is 5.89. The number of piperazine rings is 1. The van der Waals surface area contributed by atoms with Gasteiger partial charge in [0.2, 0.25) is 0 Å². The van der Waals surface area contributed by atoms with E-state index in [1.165, 1.54) is 0 Å². The number of carbonyl (C=O) groups is 1. The molecule has 0 radical (unpaired) electrons. The van der Waals surface area contributed by atoms with Gasteiger partial charge in [0.05, 0.1) is 0 Å². The second-order valence-electron chi connectivity index (χ2n) is 6.21. The Balaban J connectivity index is 1.56. The van der Waals surface area contributed by atoms with E-state index in [-0.39, 0.29) is 11.7 Å². The van der Waals surface area contributed by atoms with Gasteiger partial charge in [-0.15, -0.1) is 10.2 Å². The number of halogens is 2. The lowest BCUT2D eigenvalue weighted by Crippen LogP contribution is -2.50. The van der Waals surface area contributed by atoms with Gasteiger partial charge < -0.3 is 20.0 Å². The first kappa shape index (κ1) is 17.8. The first-order valence-corrected chi connectivity index (χ1v) is 8.20. The van der Waals surface area contributed by atoms with Gasteiger partial charge in [-0.3, -0.25) is 0 Å². The van der Waals surface area contributed by atoms with Crippen molar-refractivity contribution in [1.29, 1.82) is 0 Å². The van der Waals surface area contributed by atoms with Crippen LogP contribution in [0.5, 0.6) is 0 Å². The van der Waals surface area contributed by atoms with Crippen molar-refractivity contribution in [3.05, 3.63) is 42.0 Å². The maximum atomic E-state index is 13.2. The number of carbonyl (C=O) groups excluding carboxylic acids is 1. The van der Waals surface area contributed by atoms with Gasteiger partial charge in [-0.05, 0) is 24.3 Å². The van der Waals surface area contributed by atoms with Crippen molar-refractivity contribution in [3.8, 4) is 0 Å². The van der Waals surface area contributed by atoms with Crippen LogP contribution in [0.1, 0.15) is 0 Å². The minimum absolute atomic E-state index is 0.0973. The van der Waals surface area contributed by atoms with E-state index in [9.17, 15) is 13.6 Å². The number of hydrogen-bond acceptors (Lipinski definition) is 5. The van der Waals surface area contributed by atoms with Gasteiger partial charge in [-0.25, -0.2) is 13.6 Å². The molecule has 1 aliphatic rings. The summed E-state index contributed by atoms with van der Waals surface area (Å²) in [7, 11) is 3.79. The van der Waals surface area contributed by atoms with Crippen molar-refractivity contribution in [3.63, 3.8) is 0 Å². The molecular formula is C17H20F2N6O. The summed E-state index contributed by atoms with van der Waals surface area (Å²) in [6, 6.07) is 6.33. The largest absolute Gasteiger partial charge is 0.361 e. The SMILES string of the molecule is CN(C)c1ccc(N2CCN(C(=O)Nc3cc(F)cc(F)c3)CC2)nn1. The Morgan fingerprint density at radius 1 is 1.04 bits per heavy atom. The second-order valence-corrected chi connectivity index (χ2v) is 6.21. The van der Waals surface area contributed by atoms with Gasteiger partial charge in [0.25, 0.3) is 0 Å². The smallest absolute Gasteiger partial charge is 0.321 e. The van der Waals surface area contributed by atoms with E-state index in [0.29, 0.717) is 26.2 Å². The van der Waals surface area contributed by atoms with Crippen molar-refractivity contribution in [1.82, 2.24) is 15.1 Å². The zero-order valence-electron chi connectivity index (χ0n) is 14.6. The molecule has 1 aliphatic heterocycles. The van der Waals surface area contributed by atoms with Gasteiger partial charge in [0.1, 0.15) is 11.6 Å². The molecule has 1 fully saturated rings. The summed E-state index contributed by atoms with van der Waals surface area (Å²) in [5, 5.41) is 10.9. The molecule has 138 valence electrons. The number of anilines is 3. The zero-order valence-corrected chi connectivity index (χ0v) is 14.6. The van der Waals surface area contributed by atoms with E-state index in [2.05, 4.69) is 15.5 Å². The number of amides is 2. The highest BCUT2D eigenvalue weighted by Crippen LogP contribution is 2.17. The van der Waals surface area contributed by atoms with Crippen molar-refractivity contribution < 1.29 is 13.6 Å². The van der Waals surface area contributed by atoms with Crippen molar-refractivity contribution >= 4 is 23.4 Å². The Kier molecular flexibility index (Phi) is 5.15. The number of benzene rings is 1. The third-order valence-corrected chi connectivity index (χ3v) is 4.10. The van der Waals surface area contributed by atoms with E-state index in [1.807, 2.05) is 36.0 Å². The fourth-order valence-corrected chi connectivity index (χ4v) is 2.69. The molecule has 3 rings (SSSR count). The molecule has 0 atom stereocenters. The zero-order chi connectivity index (χ0) is 18.7. The predicted molar refractivity (Wildman–Crippen MR) is 95.5 cm³/mol. The molecule has 2 aromatic rings. The fraction of sp³-hybridized carbons (Fsp3) is 0.353. The first-order valence-electron chi connectivity index (χ1n) is 8.20. The van der Waals surface area contributed by atoms with Gasteiger partial charge in [0.15, 0.2) is 11.6 Å². The van der Waals surface area contributed by atoms with E-state index >= 15 is 0 Å². The van der Waals surface area contributed by atoms with Crippen LogP contribution in [0.25, 0.3) is 0 Å². The average molecular weight is 362 g/mol. The molecule has 0 bridgehead atoms. The monoisotopic (exact) mass is 362 g/mol. The lowest BCUT2D eigenvalue weighted by Gasteiger charge is -2.35. The Labute approximate surface area is 150 Å². The standard InChI is InChI=1S/C17H20F2N6O/c1-23(2)15-3-4-16(22-21-15)24-5-7-25(8-6-24)17(26)20-14-10-12(18)9-13(19)11-14/h3-4,9-11H,5-8H2,1-2H3,(H,20,26). The molecule has 7 nitrogen and oxygen atoms in total. The van der Waals surface area contributed by atoms with Crippen LogP contribution in [-0.2, 0) is 0 Å². The average Bonchev–Trinajstić information content (AvgIpc) is 2.61. The molecule has 0 unspecified atom stereocenters. The maximum absolute atomic E-state index is 13.2. The van der Waals surface area contributed by atoms with Crippen LogP contribution in [0.2, 0.25) is 0 Å². The molecule has 2 heterocycles. The quantitative estimate of drug-likeness (QED) is 0.907. The summed E-state index contributed by atoms with van der Waals surface area (Å²) in [5.41, 5.74) is 0.0973. The molecule has 1 saturated heterocycles. The number of rotatable bonds is 3. The summed E-state index contributed by atoms with van der Waals surface area (Å²) in [5.74, 6) is 0.0617. The molecule has 1 N–H and O–H groups in total. The number of aromatic nitrogens is 2. The van der Waals surface area contributed by atoms with Gasteiger partial charge in [-0.2, -0.15) is 0 Å². The minimum atomic E-state index is -0.732. The lowest BCUT2D eigenvalue weighted by atomic mass is 10.3. The van der Waals surface area contributed by atoms with Crippen molar-refractivity contribution in [2.45, 2.75) is 0 Å². The van der Waals surface area contributed by atoms with Crippen LogP contribution in [0, 0.1) is 11.6 Å². The van der Waals surface area contributed by atoms with Crippen LogP contribution >= 0.6 is 0 Å². The van der Waals surface area contributed by atoms with Gasteiger partial charge >= 0.3 is 6.03 Å². The van der Waals surface area contributed by atoms with Crippen LogP contribution in [-0.4, -0.2) is 61.4 Å². The normalized spacial score (nSPS) is 14.3. The lowest BCUT2D eigenvalue weighted by molar-refractivity contribution is 0.208. The Morgan fingerprint density at radius 2 is 1.69 bits per heavy atom. The molecule has 2 amide bonds. The Bertz CT molecular complexity index is 755. The topological polar surface area (TPSA) is 64.6 Å². The van der Waals surface area contributed by atoms with E-state index in [0.717, 1.165) is 29.8 Å². The number of nitrogens with zero attached hydrogens (tertiary/aromatic N) is 5. The van der Waals surface area contributed by atoms with Crippen LogP contribution in [0.3, 0.4) is 0 Å². The number of hydrogen-bond donors (Lipinski definition) is 1. The summed E-state index contributed by atoms with van der Waals surface area (Å²) < 4.78 is 26.4. The summed E-state index contributed by atoms with van der Waals surface area (Å²) in [6.07, 6.45) is 0. The highest BCUT2D eigenvalue weighted by Gasteiger charge is 2.22. The van der Waals surface area contributed by atoms with Crippen LogP contribution < -0.4 is 15.1 Å². The van der Waals surface area contributed by atoms with E-state index in [4.69, 9.17) is 0 Å². The second kappa shape index (κ2) is 7.51. The van der Waals surface area contributed by atoms with Crippen molar-refractivity contribution in [2.75, 3.05) is 55.4 Å². The first-order chi connectivity index (χ1) is 12.4. The molecule has 26 heavy (non-hydrogen) atoms. The fourth-order valence-electron chi connectivity index (χ4n) is 2.69.